The third-order valence-corrected chi connectivity index (χ3v) is 5.95. The largest absolute Gasteiger partial charge is 0.350 e. The fraction of sp³-hybridized carbons (Fsp3) is 0.480. The van der Waals surface area contributed by atoms with Crippen molar-refractivity contribution in [2.75, 3.05) is 13.1 Å². The van der Waals surface area contributed by atoms with E-state index in [1.807, 2.05) is 16.9 Å². The first-order valence-electron chi connectivity index (χ1n) is 10.2. The van der Waals surface area contributed by atoms with Crippen molar-refractivity contribution in [3.05, 3.63) is 53.1 Å². The van der Waals surface area contributed by atoms with E-state index in [1.54, 1.807) is 6.92 Å². The highest BCUT2D eigenvalue weighted by atomic mass is 16.1. The molecule has 0 bridgehead atoms. The number of rotatable bonds is 2. The second kappa shape index (κ2) is 9.09. The first-order chi connectivity index (χ1) is 13.0. The van der Waals surface area contributed by atoms with Crippen molar-refractivity contribution < 1.29 is 4.79 Å². The number of nitrogens with zero attached hydrogens (tertiary/aromatic N) is 1. The van der Waals surface area contributed by atoms with Gasteiger partial charge in [0.25, 0.3) is 0 Å². The van der Waals surface area contributed by atoms with Crippen LogP contribution in [-0.4, -0.2) is 31.7 Å². The van der Waals surface area contributed by atoms with E-state index in [0.717, 1.165) is 41.9 Å². The van der Waals surface area contributed by atoms with Gasteiger partial charge in [0.05, 0.1) is 0 Å². The summed E-state index contributed by atoms with van der Waals surface area (Å²) in [6.45, 7) is 16.6. The molecule has 2 aromatic rings. The first kappa shape index (κ1) is 22.4. The molecule has 0 amide bonds. The summed E-state index contributed by atoms with van der Waals surface area (Å²) in [5.41, 5.74) is 5.01. The van der Waals surface area contributed by atoms with Crippen molar-refractivity contribution in [1.82, 2.24) is 4.81 Å². The molecule has 2 radical (unpaired) electrons. The van der Waals surface area contributed by atoms with Crippen molar-refractivity contribution in [1.29, 1.82) is 0 Å². The molecule has 2 nitrogen and oxygen atoms in total. The van der Waals surface area contributed by atoms with E-state index in [-0.39, 0.29) is 5.78 Å². The highest BCUT2D eigenvalue weighted by molar-refractivity contribution is 6.10. The fourth-order valence-electron chi connectivity index (χ4n) is 3.09. The lowest BCUT2D eigenvalue weighted by Crippen LogP contribution is -2.25. The predicted molar refractivity (Wildman–Crippen MR) is 123 cm³/mol. The molecule has 0 N–H and O–H groups in total. The molecular weight excluding hydrogens is 341 g/mol. The van der Waals surface area contributed by atoms with E-state index in [4.69, 9.17) is 7.98 Å². The van der Waals surface area contributed by atoms with Crippen LogP contribution in [0.2, 0.25) is 0 Å². The van der Waals surface area contributed by atoms with E-state index in [9.17, 15) is 4.79 Å². The van der Waals surface area contributed by atoms with Crippen LogP contribution in [0.1, 0.15) is 69.4 Å². The fourth-order valence-corrected chi connectivity index (χ4v) is 3.09. The van der Waals surface area contributed by atoms with Crippen LogP contribution in [-0.2, 0) is 0 Å². The second-order valence-electron chi connectivity index (χ2n) is 9.21. The Hall–Kier alpha value is -1.87. The molecule has 0 atom stereocenters. The van der Waals surface area contributed by atoms with Gasteiger partial charge in [-0.15, -0.1) is 0 Å². The molecule has 148 valence electrons. The second-order valence-corrected chi connectivity index (χ2v) is 9.21. The molecule has 1 aliphatic rings. The third kappa shape index (κ3) is 5.35. The Morgan fingerprint density at radius 1 is 1.14 bits per heavy atom. The van der Waals surface area contributed by atoms with Crippen LogP contribution in [0.25, 0.3) is 16.3 Å². The van der Waals surface area contributed by atoms with Gasteiger partial charge in [-0.3, -0.25) is 4.79 Å². The smallest absolute Gasteiger partial charge is 0.182 e. The summed E-state index contributed by atoms with van der Waals surface area (Å²) in [6.07, 6.45) is 3.13. The quantitative estimate of drug-likeness (QED) is 0.459. The van der Waals surface area contributed by atoms with Crippen molar-refractivity contribution in [3.63, 3.8) is 0 Å². The average molecular weight is 375 g/mol. The Bertz CT molecular complexity index is 874. The summed E-state index contributed by atoms with van der Waals surface area (Å²) in [6, 6.07) is 10.3. The van der Waals surface area contributed by atoms with E-state index < -0.39 is 0 Å². The minimum absolute atomic E-state index is 0.117. The first-order valence-corrected chi connectivity index (χ1v) is 10.2. The predicted octanol–water partition coefficient (Wildman–Crippen LogP) is 6.21. The van der Waals surface area contributed by atoms with Crippen molar-refractivity contribution >= 4 is 30.1 Å². The molecule has 2 aromatic carbocycles. The highest BCUT2D eigenvalue weighted by Gasteiger charge is 2.15. The number of Topliss-reactive ketones (excluding diaryl/α,β-unsaturated/α-hetero) is 1. The Labute approximate surface area is 172 Å². The number of fused-ring (bicyclic) bond motifs is 1. The Kier molecular flexibility index (Phi) is 7.28. The van der Waals surface area contributed by atoms with Crippen LogP contribution in [0, 0.1) is 18.3 Å². The Morgan fingerprint density at radius 2 is 1.79 bits per heavy atom. The van der Waals surface area contributed by atoms with Crippen LogP contribution in [0.4, 0.5) is 0 Å². The van der Waals surface area contributed by atoms with Gasteiger partial charge in [0.1, 0.15) is 0 Å². The number of hydrogen-bond donors (Lipinski definition) is 0. The maximum atomic E-state index is 11.9. The molecule has 1 heterocycles. The van der Waals surface area contributed by atoms with E-state index in [2.05, 4.69) is 65.8 Å². The molecular formula is C25H34BNO. The molecule has 0 fully saturated rings. The molecule has 0 saturated heterocycles. The molecule has 3 heteroatoms. The molecule has 28 heavy (non-hydrogen) atoms. The number of carbonyl (C=O) groups is 1. The van der Waals surface area contributed by atoms with Crippen LogP contribution in [0.15, 0.2) is 36.4 Å². The van der Waals surface area contributed by atoms with Gasteiger partial charge < -0.3 is 4.81 Å². The maximum Gasteiger partial charge on any atom is 0.182 e. The van der Waals surface area contributed by atoms with E-state index >= 15 is 0 Å². The van der Waals surface area contributed by atoms with E-state index in [1.165, 1.54) is 16.5 Å². The zero-order chi connectivity index (χ0) is 21.1. The number of benzene rings is 2. The van der Waals surface area contributed by atoms with Crippen molar-refractivity contribution in [2.45, 2.75) is 54.9 Å². The third-order valence-electron chi connectivity index (χ3n) is 5.95. The zero-order valence-electron chi connectivity index (χ0n) is 18.6. The van der Waals surface area contributed by atoms with Crippen LogP contribution in [0.3, 0.4) is 0 Å². The number of carbonyl (C=O) groups excluding carboxylic acids is 1. The van der Waals surface area contributed by atoms with Gasteiger partial charge >= 0.3 is 0 Å². The molecule has 0 saturated carbocycles. The number of ketones is 1. The van der Waals surface area contributed by atoms with Crippen LogP contribution >= 0.6 is 0 Å². The molecule has 0 aromatic heterocycles. The minimum atomic E-state index is 0.117. The number of hydrogen-bond acceptors (Lipinski definition) is 2. The molecule has 3 rings (SSSR count). The monoisotopic (exact) mass is 375 g/mol. The molecule has 0 aliphatic carbocycles. The number of aryl methyl sites for hydroxylation is 1. The lowest BCUT2D eigenvalue weighted by molar-refractivity contribution is 0.101. The summed E-state index contributed by atoms with van der Waals surface area (Å²) in [5, 5.41) is 2.25. The van der Waals surface area contributed by atoms with Crippen molar-refractivity contribution in [2.24, 2.45) is 11.3 Å². The van der Waals surface area contributed by atoms with Gasteiger partial charge in [-0.25, -0.2) is 0 Å². The van der Waals surface area contributed by atoms with Crippen LogP contribution < -0.4 is 0 Å². The normalized spacial score (nSPS) is 15.2. The lowest BCUT2D eigenvalue weighted by atomic mass is 9.84. The van der Waals surface area contributed by atoms with Gasteiger partial charge in [0.2, 0.25) is 0 Å². The lowest BCUT2D eigenvalue weighted by Gasteiger charge is -2.24. The summed E-state index contributed by atoms with van der Waals surface area (Å²) < 4.78 is 0. The Balaban J connectivity index is 0.000000345. The summed E-state index contributed by atoms with van der Waals surface area (Å²) >= 11 is 0. The van der Waals surface area contributed by atoms with Gasteiger partial charge in [-0.1, -0.05) is 71.0 Å². The zero-order valence-corrected chi connectivity index (χ0v) is 18.6. The summed E-state index contributed by atoms with van der Waals surface area (Å²) in [4.78, 5) is 13.7. The molecule has 0 spiro atoms. The molecule has 1 aliphatic heterocycles. The van der Waals surface area contributed by atoms with Gasteiger partial charge in [-0.05, 0) is 65.6 Å². The minimum Gasteiger partial charge on any atom is -0.350 e. The van der Waals surface area contributed by atoms with Gasteiger partial charge in [0, 0.05) is 12.1 Å². The SMILES string of the molecule is CC(C)C(C)(C)C.[B]N1CC=C(c2ccc(C)c3c(C(C)=O)cccc23)CC1. The molecule has 0 unspecified atom stereocenters. The van der Waals surface area contributed by atoms with Crippen LogP contribution in [0.5, 0.6) is 0 Å². The van der Waals surface area contributed by atoms with E-state index in [0.29, 0.717) is 5.41 Å². The summed E-state index contributed by atoms with van der Waals surface area (Å²) in [7, 11) is 5.82. The topological polar surface area (TPSA) is 20.3 Å². The Morgan fingerprint density at radius 3 is 2.29 bits per heavy atom. The maximum absolute atomic E-state index is 11.9. The van der Waals surface area contributed by atoms with Gasteiger partial charge in [-0.2, -0.15) is 0 Å². The highest BCUT2D eigenvalue weighted by Crippen LogP contribution is 2.32. The van der Waals surface area contributed by atoms with Crippen molar-refractivity contribution in [3.8, 4) is 0 Å². The van der Waals surface area contributed by atoms with Gasteiger partial charge in [0.15, 0.2) is 13.8 Å². The average Bonchev–Trinajstić information content (AvgIpc) is 2.62. The standard InChI is InChI=1S/C18H18BNO.C7H16/c1-12-6-7-16(14-8-10-20(19)11-9-14)17-5-3-4-15(13(2)21)18(12)17;1-6(2)7(3,4)5/h3-8H,9-11H2,1-2H3;6H,1-5H3. The summed E-state index contributed by atoms with van der Waals surface area (Å²) in [5.74, 6) is 0.916.